The van der Waals surface area contributed by atoms with Gasteiger partial charge in [-0.25, -0.2) is 4.79 Å². The molecule has 1 N–H and O–H groups in total. The largest absolute Gasteiger partial charge is 0.478 e. The van der Waals surface area contributed by atoms with Gasteiger partial charge in [0.15, 0.2) is 0 Å². The standard InChI is InChI=1S/C11H6O2/c1-3-8-5-6-10(11(12)13)7-9(8)4-2/h1-2,5-7H,(H,12,13). The maximum atomic E-state index is 10.5. The van der Waals surface area contributed by atoms with Crippen molar-refractivity contribution in [3.05, 3.63) is 34.9 Å². The maximum Gasteiger partial charge on any atom is 0.335 e. The number of terminal acetylenes is 2. The fraction of sp³-hybridized carbons (Fsp3) is 0. The minimum Gasteiger partial charge on any atom is -0.478 e. The SMILES string of the molecule is C#Cc1ccc(C(=O)O)cc1C#C. The van der Waals surface area contributed by atoms with Crippen molar-refractivity contribution in [2.75, 3.05) is 0 Å². The molecular weight excluding hydrogens is 164 g/mol. The average Bonchev–Trinajstić information content (AvgIpc) is 2.16. The lowest BCUT2D eigenvalue weighted by Crippen LogP contribution is -1.97. The number of carbonyl (C=O) groups is 1. The summed E-state index contributed by atoms with van der Waals surface area (Å²) in [4.78, 5) is 10.5. The second-order valence-corrected chi connectivity index (χ2v) is 2.35. The van der Waals surface area contributed by atoms with Crippen LogP contribution in [0.1, 0.15) is 21.5 Å². The lowest BCUT2D eigenvalue weighted by atomic mass is 10.1. The second-order valence-electron chi connectivity index (χ2n) is 2.35. The van der Waals surface area contributed by atoms with Crippen molar-refractivity contribution in [2.24, 2.45) is 0 Å². The molecule has 0 spiro atoms. The Labute approximate surface area is 76.2 Å². The molecule has 62 valence electrons. The third kappa shape index (κ3) is 1.69. The first-order valence-corrected chi connectivity index (χ1v) is 3.49. The Morgan fingerprint density at radius 2 is 1.85 bits per heavy atom. The van der Waals surface area contributed by atoms with E-state index in [1.165, 1.54) is 18.2 Å². The molecule has 0 aliphatic rings. The van der Waals surface area contributed by atoms with E-state index in [0.29, 0.717) is 11.1 Å². The molecule has 2 nitrogen and oxygen atoms in total. The number of rotatable bonds is 1. The lowest BCUT2D eigenvalue weighted by Gasteiger charge is -1.98. The number of benzene rings is 1. The van der Waals surface area contributed by atoms with Crippen LogP contribution in [0, 0.1) is 24.7 Å². The molecule has 0 aliphatic carbocycles. The Morgan fingerprint density at radius 1 is 1.23 bits per heavy atom. The van der Waals surface area contributed by atoms with E-state index in [-0.39, 0.29) is 5.56 Å². The van der Waals surface area contributed by atoms with Gasteiger partial charge in [-0.05, 0) is 18.2 Å². The summed E-state index contributed by atoms with van der Waals surface area (Å²) in [5, 5.41) is 8.65. The van der Waals surface area contributed by atoms with Crippen molar-refractivity contribution in [1.82, 2.24) is 0 Å². The van der Waals surface area contributed by atoms with Crippen LogP contribution in [0.3, 0.4) is 0 Å². The van der Waals surface area contributed by atoms with Crippen LogP contribution in [0.5, 0.6) is 0 Å². The van der Waals surface area contributed by atoms with Crippen molar-refractivity contribution in [3.63, 3.8) is 0 Å². The third-order valence-corrected chi connectivity index (χ3v) is 1.58. The van der Waals surface area contributed by atoms with Crippen LogP contribution >= 0.6 is 0 Å². The molecular formula is C11H6O2. The molecule has 0 bridgehead atoms. The van der Waals surface area contributed by atoms with E-state index in [0.717, 1.165) is 0 Å². The molecule has 0 aromatic heterocycles. The highest BCUT2D eigenvalue weighted by Gasteiger charge is 2.04. The number of carboxylic acids is 1. The summed E-state index contributed by atoms with van der Waals surface area (Å²) in [6.07, 6.45) is 10.3. The molecule has 0 aliphatic heterocycles. The molecule has 1 aromatic rings. The van der Waals surface area contributed by atoms with Crippen molar-refractivity contribution >= 4 is 5.97 Å². The Balaban J connectivity index is 3.33. The highest BCUT2D eigenvalue weighted by molar-refractivity contribution is 5.88. The third-order valence-electron chi connectivity index (χ3n) is 1.58. The molecule has 1 rings (SSSR count). The van der Waals surface area contributed by atoms with Gasteiger partial charge in [0.2, 0.25) is 0 Å². The van der Waals surface area contributed by atoms with E-state index in [1.807, 2.05) is 0 Å². The van der Waals surface area contributed by atoms with Gasteiger partial charge in [-0.2, -0.15) is 0 Å². The Morgan fingerprint density at radius 3 is 2.31 bits per heavy atom. The van der Waals surface area contributed by atoms with Gasteiger partial charge in [0.05, 0.1) is 5.56 Å². The van der Waals surface area contributed by atoms with E-state index >= 15 is 0 Å². The zero-order valence-corrected chi connectivity index (χ0v) is 6.74. The van der Waals surface area contributed by atoms with E-state index < -0.39 is 5.97 Å². The molecule has 0 saturated heterocycles. The fourth-order valence-corrected chi connectivity index (χ4v) is 0.923. The van der Waals surface area contributed by atoms with Crippen molar-refractivity contribution < 1.29 is 9.90 Å². The second kappa shape index (κ2) is 3.47. The summed E-state index contributed by atoms with van der Waals surface area (Å²) in [7, 11) is 0. The molecule has 0 fully saturated rings. The van der Waals surface area contributed by atoms with Gasteiger partial charge in [-0.1, -0.05) is 11.8 Å². The van der Waals surface area contributed by atoms with E-state index in [2.05, 4.69) is 11.8 Å². The van der Waals surface area contributed by atoms with Gasteiger partial charge in [0, 0.05) is 11.1 Å². The molecule has 0 saturated carbocycles. The first kappa shape index (κ1) is 8.90. The predicted molar refractivity (Wildman–Crippen MR) is 49.3 cm³/mol. The zero-order valence-electron chi connectivity index (χ0n) is 6.74. The first-order chi connectivity index (χ1) is 6.19. The Hall–Kier alpha value is -2.19. The minimum atomic E-state index is -1.01. The summed E-state index contributed by atoms with van der Waals surface area (Å²) in [6.45, 7) is 0. The maximum absolute atomic E-state index is 10.5. The molecule has 0 heterocycles. The highest BCUT2D eigenvalue weighted by atomic mass is 16.4. The molecule has 1 aromatic carbocycles. The van der Waals surface area contributed by atoms with Gasteiger partial charge in [-0.3, -0.25) is 0 Å². The minimum absolute atomic E-state index is 0.145. The van der Waals surface area contributed by atoms with Gasteiger partial charge >= 0.3 is 5.97 Å². The van der Waals surface area contributed by atoms with Crippen molar-refractivity contribution in [2.45, 2.75) is 0 Å². The number of aromatic carboxylic acids is 1. The van der Waals surface area contributed by atoms with Crippen LogP contribution in [0.25, 0.3) is 0 Å². The topological polar surface area (TPSA) is 37.3 Å². The molecule has 0 atom stereocenters. The molecule has 0 radical (unpaired) electrons. The van der Waals surface area contributed by atoms with E-state index in [1.54, 1.807) is 0 Å². The van der Waals surface area contributed by atoms with Crippen LogP contribution in [0.2, 0.25) is 0 Å². The number of carboxylic acid groups (broad SMARTS) is 1. The highest BCUT2D eigenvalue weighted by Crippen LogP contribution is 2.09. The summed E-state index contributed by atoms with van der Waals surface area (Å²) in [6, 6.07) is 4.34. The summed E-state index contributed by atoms with van der Waals surface area (Å²) >= 11 is 0. The van der Waals surface area contributed by atoms with Crippen molar-refractivity contribution in [3.8, 4) is 24.7 Å². The summed E-state index contributed by atoms with van der Waals surface area (Å²) in [5.74, 6) is 3.70. The molecule has 13 heavy (non-hydrogen) atoms. The Bertz CT molecular complexity index is 430. The molecule has 0 unspecified atom stereocenters. The lowest BCUT2D eigenvalue weighted by molar-refractivity contribution is 0.0697. The van der Waals surface area contributed by atoms with Crippen LogP contribution < -0.4 is 0 Å². The van der Waals surface area contributed by atoms with Gasteiger partial charge in [-0.15, -0.1) is 12.8 Å². The number of hydrogen-bond acceptors (Lipinski definition) is 1. The van der Waals surface area contributed by atoms with Crippen molar-refractivity contribution in [1.29, 1.82) is 0 Å². The molecule has 0 amide bonds. The normalized spacial score (nSPS) is 8.46. The van der Waals surface area contributed by atoms with Crippen LogP contribution in [-0.4, -0.2) is 11.1 Å². The zero-order chi connectivity index (χ0) is 9.84. The first-order valence-electron chi connectivity index (χ1n) is 3.49. The fourth-order valence-electron chi connectivity index (χ4n) is 0.923. The van der Waals surface area contributed by atoms with Gasteiger partial charge in [0.1, 0.15) is 0 Å². The molecule has 2 heteroatoms. The Kier molecular flexibility index (Phi) is 2.38. The van der Waals surface area contributed by atoms with Gasteiger partial charge < -0.3 is 5.11 Å². The summed E-state index contributed by atoms with van der Waals surface area (Å²) < 4.78 is 0. The number of hydrogen-bond donors (Lipinski definition) is 1. The van der Waals surface area contributed by atoms with E-state index in [9.17, 15) is 4.79 Å². The van der Waals surface area contributed by atoms with Crippen LogP contribution in [-0.2, 0) is 0 Å². The quantitative estimate of drug-likeness (QED) is 0.646. The average molecular weight is 170 g/mol. The monoisotopic (exact) mass is 170 g/mol. The van der Waals surface area contributed by atoms with Crippen LogP contribution in [0.4, 0.5) is 0 Å². The van der Waals surface area contributed by atoms with Crippen LogP contribution in [0.15, 0.2) is 18.2 Å². The smallest absolute Gasteiger partial charge is 0.335 e. The predicted octanol–water partition coefficient (Wildman–Crippen LogP) is 1.35. The van der Waals surface area contributed by atoms with E-state index in [4.69, 9.17) is 18.0 Å². The van der Waals surface area contributed by atoms with Gasteiger partial charge in [0.25, 0.3) is 0 Å². The summed E-state index contributed by atoms with van der Waals surface area (Å²) in [5.41, 5.74) is 1.11.